The molecule has 4 rings (SSSR count). The predicted molar refractivity (Wildman–Crippen MR) is 132 cm³/mol. The molecule has 6 N–H and O–H groups in total. The van der Waals surface area contributed by atoms with Crippen LogP contribution in [-0.4, -0.2) is 74.3 Å². The SMILES string of the molecule is CCCC(=O)C[C@@H]1[C@H]2[C@H](N(C)C)C(=O)C(C(N)=O)=C(O)[C@@]2(O)C(=O)C2=C(O)c3c(O)cccc3C(C)[C@H]21. The molecular weight excluding hydrogens is 480 g/mol. The van der Waals surface area contributed by atoms with Gasteiger partial charge in [-0.1, -0.05) is 26.0 Å². The molecule has 0 spiro atoms. The van der Waals surface area contributed by atoms with Gasteiger partial charge < -0.3 is 26.2 Å². The second-order valence-electron chi connectivity index (χ2n) is 10.5. The van der Waals surface area contributed by atoms with E-state index >= 15 is 0 Å². The molecule has 1 fully saturated rings. The minimum atomic E-state index is -2.81. The molecule has 10 nitrogen and oxygen atoms in total. The highest BCUT2D eigenvalue weighted by Crippen LogP contribution is 2.59. The van der Waals surface area contributed by atoms with Crippen LogP contribution in [0, 0.1) is 17.8 Å². The number of rotatable bonds is 6. The number of Topliss-reactive ketones (excluding diaryl/α,β-unsaturated/α-hetero) is 3. The van der Waals surface area contributed by atoms with Crippen molar-refractivity contribution in [2.24, 2.45) is 23.5 Å². The zero-order valence-electron chi connectivity index (χ0n) is 21.2. The van der Waals surface area contributed by atoms with Gasteiger partial charge in [0.15, 0.2) is 11.4 Å². The molecule has 198 valence electrons. The molecule has 3 aliphatic rings. The summed E-state index contributed by atoms with van der Waals surface area (Å²) in [6.45, 7) is 3.61. The van der Waals surface area contributed by atoms with Crippen LogP contribution in [0.2, 0.25) is 0 Å². The van der Waals surface area contributed by atoms with E-state index in [9.17, 15) is 39.6 Å². The van der Waals surface area contributed by atoms with Crippen LogP contribution in [0.25, 0.3) is 5.76 Å². The number of phenols is 1. The quantitative estimate of drug-likeness (QED) is 0.353. The van der Waals surface area contributed by atoms with Crippen molar-refractivity contribution in [3.8, 4) is 5.75 Å². The monoisotopic (exact) mass is 512 g/mol. The lowest BCUT2D eigenvalue weighted by atomic mass is 9.50. The van der Waals surface area contributed by atoms with E-state index in [1.54, 1.807) is 19.1 Å². The van der Waals surface area contributed by atoms with Gasteiger partial charge in [-0.3, -0.25) is 24.1 Å². The van der Waals surface area contributed by atoms with Crippen molar-refractivity contribution >= 4 is 29.0 Å². The Balaban J connectivity index is 2.09. The minimum absolute atomic E-state index is 0.0184. The molecule has 0 aromatic heterocycles. The maximum atomic E-state index is 14.1. The third-order valence-corrected chi connectivity index (χ3v) is 8.17. The van der Waals surface area contributed by atoms with E-state index in [2.05, 4.69) is 0 Å². The molecule has 3 aliphatic carbocycles. The van der Waals surface area contributed by atoms with Gasteiger partial charge in [0.05, 0.1) is 11.6 Å². The van der Waals surface area contributed by atoms with Crippen LogP contribution in [0.15, 0.2) is 35.1 Å². The fourth-order valence-electron chi connectivity index (χ4n) is 6.70. The Hall–Kier alpha value is -3.50. The summed E-state index contributed by atoms with van der Waals surface area (Å²) >= 11 is 0. The number of hydrogen-bond donors (Lipinski definition) is 5. The summed E-state index contributed by atoms with van der Waals surface area (Å²) in [5.74, 6) is -9.04. The highest BCUT2D eigenvalue weighted by molar-refractivity contribution is 6.24. The van der Waals surface area contributed by atoms with Gasteiger partial charge in [0.1, 0.15) is 28.6 Å². The maximum absolute atomic E-state index is 14.1. The molecule has 1 unspecified atom stereocenters. The Morgan fingerprint density at radius 3 is 2.35 bits per heavy atom. The lowest BCUT2D eigenvalue weighted by Crippen LogP contribution is -2.69. The third-order valence-electron chi connectivity index (χ3n) is 8.17. The summed E-state index contributed by atoms with van der Waals surface area (Å²) in [5, 5.41) is 44.9. The second-order valence-corrected chi connectivity index (χ2v) is 10.5. The van der Waals surface area contributed by atoms with Crippen LogP contribution in [-0.2, 0) is 19.2 Å². The second kappa shape index (κ2) is 9.11. The highest BCUT2D eigenvalue weighted by Gasteiger charge is 2.68. The number of fused-ring (bicyclic) bond motifs is 3. The van der Waals surface area contributed by atoms with E-state index in [0.717, 1.165) is 0 Å². The number of likely N-dealkylation sites (N-methyl/N-ethyl adjacent to an activating group) is 1. The first-order valence-corrected chi connectivity index (χ1v) is 12.3. The van der Waals surface area contributed by atoms with Gasteiger partial charge in [0.2, 0.25) is 5.78 Å². The summed E-state index contributed by atoms with van der Waals surface area (Å²) in [6, 6.07) is 3.37. The van der Waals surface area contributed by atoms with Crippen molar-refractivity contribution in [3.05, 3.63) is 46.2 Å². The van der Waals surface area contributed by atoms with Gasteiger partial charge in [-0.2, -0.15) is 0 Å². The van der Waals surface area contributed by atoms with Crippen LogP contribution in [0.5, 0.6) is 5.75 Å². The first-order valence-electron chi connectivity index (χ1n) is 12.3. The van der Waals surface area contributed by atoms with Crippen molar-refractivity contribution in [2.45, 2.75) is 50.7 Å². The van der Waals surface area contributed by atoms with Crippen LogP contribution in [0.1, 0.15) is 50.2 Å². The number of primary amides is 1. The topological polar surface area (TPSA) is 178 Å². The first-order chi connectivity index (χ1) is 17.3. The van der Waals surface area contributed by atoms with E-state index in [0.29, 0.717) is 12.0 Å². The number of amides is 1. The molecule has 0 bridgehead atoms. The normalized spacial score (nSPS) is 31.2. The Bertz CT molecular complexity index is 1280. The summed E-state index contributed by atoms with van der Waals surface area (Å²) in [5.41, 5.74) is 1.97. The standard InChI is InChI=1S/C27H32N2O8/c1-5-7-12(30)10-14-16-11(2)13-8-6-9-15(31)17(13)22(32)18(16)24(34)27(37)20(14)21(29(3)4)23(33)19(25(27)35)26(28)36/h6,8-9,11,14,16,20-21,31-32,35,37H,5,7,10H2,1-4H3,(H2,28,36)/t11?,14-,16-,20-,21-,27-/m0/s1. The van der Waals surface area contributed by atoms with Crippen LogP contribution >= 0.6 is 0 Å². The molecule has 1 amide bonds. The molecular formula is C27H32N2O8. The number of hydrogen-bond acceptors (Lipinski definition) is 9. The van der Waals surface area contributed by atoms with Crippen molar-refractivity contribution in [1.82, 2.24) is 4.90 Å². The fourth-order valence-corrected chi connectivity index (χ4v) is 6.70. The Labute approximate surface area is 214 Å². The van der Waals surface area contributed by atoms with Crippen molar-refractivity contribution in [2.75, 3.05) is 14.1 Å². The van der Waals surface area contributed by atoms with E-state index in [1.165, 1.54) is 25.1 Å². The number of aromatic hydroxyl groups is 1. The minimum Gasteiger partial charge on any atom is -0.508 e. The molecule has 10 heteroatoms. The Morgan fingerprint density at radius 1 is 1.14 bits per heavy atom. The van der Waals surface area contributed by atoms with E-state index in [1.807, 2.05) is 6.92 Å². The van der Waals surface area contributed by atoms with Crippen molar-refractivity contribution in [3.63, 3.8) is 0 Å². The molecule has 0 heterocycles. The molecule has 6 atom stereocenters. The van der Waals surface area contributed by atoms with E-state index in [4.69, 9.17) is 5.73 Å². The van der Waals surface area contributed by atoms with Gasteiger partial charge >= 0.3 is 0 Å². The van der Waals surface area contributed by atoms with Gasteiger partial charge in [-0.25, -0.2) is 0 Å². The number of ketones is 3. The molecule has 1 aromatic carbocycles. The van der Waals surface area contributed by atoms with Gasteiger partial charge in [-0.05, 0) is 44.0 Å². The molecule has 37 heavy (non-hydrogen) atoms. The van der Waals surface area contributed by atoms with Gasteiger partial charge in [0, 0.05) is 30.3 Å². The number of aliphatic hydroxyl groups is 3. The van der Waals surface area contributed by atoms with Crippen LogP contribution < -0.4 is 5.73 Å². The summed E-state index contributed by atoms with van der Waals surface area (Å²) in [6.07, 6.45) is 0.621. The first kappa shape index (κ1) is 26.6. The zero-order valence-corrected chi connectivity index (χ0v) is 21.2. The van der Waals surface area contributed by atoms with Gasteiger partial charge in [0.25, 0.3) is 5.91 Å². The number of aliphatic hydroxyl groups excluding tert-OH is 2. The van der Waals surface area contributed by atoms with Gasteiger partial charge in [-0.15, -0.1) is 0 Å². The summed E-state index contributed by atoms with van der Waals surface area (Å²) in [4.78, 5) is 54.2. The summed E-state index contributed by atoms with van der Waals surface area (Å²) < 4.78 is 0. The number of carbonyl (C=O) groups excluding carboxylic acids is 4. The number of carbonyl (C=O) groups is 4. The molecule has 0 radical (unpaired) electrons. The number of phenolic OH excluding ortho intramolecular Hbond substituents is 1. The van der Waals surface area contributed by atoms with Crippen molar-refractivity contribution in [1.29, 1.82) is 0 Å². The molecule has 1 saturated carbocycles. The lowest BCUT2D eigenvalue weighted by Gasteiger charge is -2.55. The summed E-state index contributed by atoms with van der Waals surface area (Å²) in [7, 11) is 3.06. The van der Waals surface area contributed by atoms with Crippen LogP contribution in [0.4, 0.5) is 0 Å². The Morgan fingerprint density at radius 2 is 1.78 bits per heavy atom. The molecule has 1 aromatic rings. The zero-order chi connectivity index (χ0) is 27.6. The predicted octanol–water partition coefficient (Wildman–Crippen LogP) is 1.51. The average Bonchev–Trinajstić information content (AvgIpc) is 2.80. The van der Waals surface area contributed by atoms with Crippen LogP contribution in [0.3, 0.4) is 0 Å². The van der Waals surface area contributed by atoms with Crippen molar-refractivity contribution < 1.29 is 39.6 Å². The maximum Gasteiger partial charge on any atom is 0.255 e. The Kier molecular flexibility index (Phi) is 6.54. The van der Waals surface area contributed by atoms with E-state index in [-0.39, 0.29) is 35.5 Å². The smallest absolute Gasteiger partial charge is 0.255 e. The molecule has 0 aliphatic heterocycles. The number of benzene rings is 1. The average molecular weight is 513 g/mol. The fraction of sp³-hybridized carbons (Fsp3) is 0.481. The number of nitrogens with zero attached hydrogens (tertiary/aromatic N) is 1. The number of nitrogens with two attached hydrogens (primary N) is 1. The van der Waals surface area contributed by atoms with E-state index < -0.39 is 69.9 Å². The third kappa shape index (κ3) is 3.61. The lowest BCUT2D eigenvalue weighted by molar-refractivity contribution is -0.162. The largest absolute Gasteiger partial charge is 0.508 e. The highest BCUT2D eigenvalue weighted by atomic mass is 16.3. The molecule has 0 saturated heterocycles.